The summed E-state index contributed by atoms with van der Waals surface area (Å²) in [6.07, 6.45) is 1.72. The molecule has 0 aliphatic heterocycles. The summed E-state index contributed by atoms with van der Waals surface area (Å²) in [5.74, 6) is -0.169. The van der Waals surface area contributed by atoms with E-state index in [1.807, 2.05) is 36.6 Å². The Labute approximate surface area is 134 Å². The van der Waals surface area contributed by atoms with E-state index in [9.17, 15) is 4.79 Å². The number of amides is 1. The van der Waals surface area contributed by atoms with Gasteiger partial charge in [0.05, 0.1) is 10.7 Å². The van der Waals surface area contributed by atoms with Gasteiger partial charge in [0.1, 0.15) is 5.69 Å². The van der Waals surface area contributed by atoms with Gasteiger partial charge in [0.15, 0.2) is 0 Å². The van der Waals surface area contributed by atoms with E-state index in [2.05, 4.69) is 31.2 Å². The number of anilines is 1. The molecule has 2 heterocycles. The normalized spacial score (nSPS) is 10.6. The first kappa shape index (κ1) is 14.0. The van der Waals surface area contributed by atoms with Crippen LogP contribution in [0.4, 0.5) is 5.69 Å². The third-order valence-corrected chi connectivity index (χ3v) is 4.18. The lowest BCUT2D eigenvalue weighted by atomic mass is 10.1. The summed E-state index contributed by atoms with van der Waals surface area (Å²) in [4.78, 5) is 19.4. The van der Waals surface area contributed by atoms with E-state index in [1.165, 1.54) is 0 Å². The summed E-state index contributed by atoms with van der Waals surface area (Å²) < 4.78 is 0.849. The van der Waals surface area contributed by atoms with Crippen LogP contribution in [0.1, 0.15) is 15.5 Å². The fourth-order valence-electron chi connectivity index (χ4n) is 1.92. The molecule has 3 aromatic rings. The van der Waals surface area contributed by atoms with E-state index in [1.54, 1.807) is 23.6 Å². The molecule has 1 amide bonds. The van der Waals surface area contributed by atoms with E-state index in [0.717, 1.165) is 26.4 Å². The van der Waals surface area contributed by atoms with Crippen LogP contribution in [0.5, 0.6) is 0 Å². The third-order valence-electron chi connectivity index (χ3n) is 2.95. The van der Waals surface area contributed by atoms with Gasteiger partial charge in [-0.05, 0) is 41.1 Å². The Hall–Kier alpha value is -1.92. The maximum Gasteiger partial charge on any atom is 0.272 e. The first-order valence-corrected chi connectivity index (χ1v) is 7.97. The van der Waals surface area contributed by atoms with E-state index in [0.29, 0.717) is 5.69 Å². The summed E-state index contributed by atoms with van der Waals surface area (Å²) in [6, 6.07) is 9.39. The highest BCUT2D eigenvalue weighted by Crippen LogP contribution is 2.23. The molecule has 0 saturated heterocycles. The second-order valence-corrected chi connectivity index (χ2v) is 6.49. The lowest BCUT2D eigenvalue weighted by molar-refractivity contribution is 0.102. The Bertz CT molecular complexity index is 776. The van der Waals surface area contributed by atoms with Gasteiger partial charge in [-0.25, -0.2) is 4.98 Å². The zero-order chi connectivity index (χ0) is 14.8. The molecular weight excluding hydrogens is 350 g/mol. The molecule has 6 heteroatoms. The minimum absolute atomic E-state index is 0.169. The van der Waals surface area contributed by atoms with Crippen molar-refractivity contribution in [2.75, 3.05) is 5.32 Å². The zero-order valence-corrected chi connectivity index (χ0v) is 13.6. The predicted molar refractivity (Wildman–Crippen MR) is 88.7 cm³/mol. The van der Waals surface area contributed by atoms with E-state index in [4.69, 9.17) is 0 Å². The van der Waals surface area contributed by atoms with Crippen LogP contribution in [0.3, 0.4) is 0 Å². The summed E-state index contributed by atoms with van der Waals surface area (Å²) in [5, 5.41) is 5.92. The minimum atomic E-state index is -0.169. The molecule has 0 atom stereocenters. The second-order valence-electron chi connectivity index (χ2n) is 4.51. The van der Waals surface area contributed by atoms with Crippen molar-refractivity contribution in [3.63, 3.8) is 0 Å². The smallest absolute Gasteiger partial charge is 0.272 e. The Morgan fingerprint density at radius 3 is 2.67 bits per heavy atom. The van der Waals surface area contributed by atoms with E-state index in [-0.39, 0.29) is 5.91 Å². The second kappa shape index (κ2) is 5.83. The average Bonchev–Trinajstić information content (AvgIpc) is 3.08. The number of aromatic nitrogens is 2. The summed E-state index contributed by atoms with van der Waals surface area (Å²) >= 11 is 4.93. The van der Waals surface area contributed by atoms with Crippen molar-refractivity contribution < 1.29 is 4.79 Å². The lowest BCUT2D eigenvalue weighted by Gasteiger charge is -2.04. The minimum Gasteiger partial charge on any atom is -0.356 e. The number of thiazole rings is 1. The van der Waals surface area contributed by atoms with Crippen LogP contribution >= 0.6 is 27.3 Å². The number of benzene rings is 1. The van der Waals surface area contributed by atoms with Crippen molar-refractivity contribution in [2.45, 2.75) is 6.92 Å². The number of aryl methyl sites for hydroxylation is 1. The van der Waals surface area contributed by atoms with Gasteiger partial charge in [-0.3, -0.25) is 4.79 Å². The molecule has 0 unspecified atom stereocenters. The molecule has 3 rings (SSSR count). The molecule has 0 saturated carbocycles. The standard InChI is InChI=1S/C15H12BrN3OS/c1-9-18-14(8-21-9)10-2-4-12(5-3-10)19-15(20)13-6-11(16)7-17-13/h2-8,17H,1H3,(H,19,20). The largest absolute Gasteiger partial charge is 0.356 e. The molecule has 0 fully saturated rings. The molecular formula is C15H12BrN3OS. The predicted octanol–water partition coefficient (Wildman–Crippen LogP) is 4.46. The quantitative estimate of drug-likeness (QED) is 0.723. The monoisotopic (exact) mass is 361 g/mol. The molecule has 1 aromatic carbocycles. The van der Waals surface area contributed by atoms with Crippen LogP contribution in [-0.4, -0.2) is 15.9 Å². The first-order valence-electron chi connectivity index (χ1n) is 6.29. The Kier molecular flexibility index (Phi) is 3.90. The molecule has 0 spiro atoms. The van der Waals surface area contributed by atoms with Crippen molar-refractivity contribution >= 4 is 38.9 Å². The third kappa shape index (κ3) is 3.22. The lowest BCUT2D eigenvalue weighted by Crippen LogP contribution is -2.11. The van der Waals surface area contributed by atoms with Crippen molar-refractivity contribution in [1.82, 2.24) is 9.97 Å². The van der Waals surface area contributed by atoms with Crippen LogP contribution in [0, 0.1) is 6.92 Å². The van der Waals surface area contributed by atoms with Gasteiger partial charge in [0.25, 0.3) is 5.91 Å². The topological polar surface area (TPSA) is 57.8 Å². The van der Waals surface area contributed by atoms with Gasteiger partial charge < -0.3 is 10.3 Å². The van der Waals surface area contributed by atoms with Gasteiger partial charge in [-0.2, -0.15) is 0 Å². The molecule has 0 aliphatic carbocycles. The highest BCUT2D eigenvalue weighted by molar-refractivity contribution is 9.10. The van der Waals surface area contributed by atoms with Gasteiger partial charge in [-0.1, -0.05) is 12.1 Å². The van der Waals surface area contributed by atoms with E-state index < -0.39 is 0 Å². The van der Waals surface area contributed by atoms with Crippen LogP contribution in [0.2, 0.25) is 0 Å². The van der Waals surface area contributed by atoms with Crippen molar-refractivity contribution in [1.29, 1.82) is 0 Å². The number of halogens is 1. The van der Waals surface area contributed by atoms with Gasteiger partial charge in [0.2, 0.25) is 0 Å². The fraction of sp³-hybridized carbons (Fsp3) is 0.0667. The maximum atomic E-state index is 12.0. The highest BCUT2D eigenvalue weighted by Gasteiger charge is 2.08. The zero-order valence-electron chi connectivity index (χ0n) is 11.2. The van der Waals surface area contributed by atoms with Crippen molar-refractivity contribution in [3.8, 4) is 11.3 Å². The Balaban J connectivity index is 1.74. The molecule has 21 heavy (non-hydrogen) atoms. The first-order chi connectivity index (χ1) is 10.1. The van der Waals surface area contributed by atoms with Crippen molar-refractivity contribution in [3.05, 3.63) is 57.1 Å². The maximum absolute atomic E-state index is 12.0. The number of nitrogens with one attached hydrogen (secondary N) is 2. The number of aromatic amines is 1. The number of hydrogen-bond donors (Lipinski definition) is 2. The number of H-pyrrole nitrogens is 1. The number of carbonyl (C=O) groups excluding carboxylic acids is 1. The van der Waals surface area contributed by atoms with Crippen molar-refractivity contribution in [2.24, 2.45) is 0 Å². The molecule has 2 N–H and O–H groups in total. The number of nitrogens with zero attached hydrogens (tertiary/aromatic N) is 1. The highest BCUT2D eigenvalue weighted by atomic mass is 79.9. The van der Waals surface area contributed by atoms with Crippen LogP contribution in [-0.2, 0) is 0 Å². The SMILES string of the molecule is Cc1nc(-c2ccc(NC(=O)c3cc(Br)c[nH]3)cc2)cs1. The van der Waals surface area contributed by atoms with E-state index >= 15 is 0 Å². The Morgan fingerprint density at radius 1 is 1.33 bits per heavy atom. The van der Waals surface area contributed by atoms with Gasteiger partial charge in [-0.15, -0.1) is 11.3 Å². The Morgan fingerprint density at radius 2 is 2.10 bits per heavy atom. The molecule has 0 aliphatic rings. The molecule has 4 nitrogen and oxygen atoms in total. The van der Waals surface area contributed by atoms with Gasteiger partial charge >= 0.3 is 0 Å². The van der Waals surface area contributed by atoms with Crippen LogP contribution in [0.15, 0.2) is 46.4 Å². The molecule has 2 aromatic heterocycles. The number of hydrogen-bond acceptors (Lipinski definition) is 3. The summed E-state index contributed by atoms with van der Waals surface area (Å²) in [7, 11) is 0. The van der Waals surface area contributed by atoms with Crippen LogP contribution < -0.4 is 5.32 Å². The average molecular weight is 362 g/mol. The number of rotatable bonds is 3. The summed E-state index contributed by atoms with van der Waals surface area (Å²) in [5.41, 5.74) is 3.27. The molecule has 0 bridgehead atoms. The summed E-state index contributed by atoms with van der Waals surface area (Å²) in [6.45, 7) is 1.98. The molecule has 0 radical (unpaired) electrons. The number of carbonyl (C=O) groups is 1. The fourth-order valence-corrected chi connectivity index (χ4v) is 2.88. The van der Waals surface area contributed by atoms with Gasteiger partial charge in [0, 0.05) is 27.3 Å². The molecule has 106 valence electrons. The van der Waals surface area contributed by atoms with Crippen LogP contribution in [0.25, 0.3) is 11.3 Å².